The van der Waals surface area contributed by atoms with Gasteiger partial charge in [0.05, 0.1) is 13.2 Å². The molecule has 0 spiro atoms. The van der Waals surface area contributed by atoms with Gasteiger partial charge in [-0.15, -0.1) is 0 Å². The molecule has 5 nitrogen and oxygen atoms in total. The molecule has 1 aliphatic heterocycles. The Balaban J connectivity index is 1.63. The molecule has 3 rings (SSSR count). The number of morpholine rings is 1. The van der Waals surface area contributed by atoms with Gasteiger partial charge in [-0.05, 0) is 23.3 Å². The number of carbonyl (C=O) groups excluding carboxylic acids is 1. The highest BCUT2D eigenvalue weighted by atomic mass is 35.5. The zero-order chi connectivity index (χ0) is 16.8. The molecule has 0 unspecified atom stereocenters. The molecule has 0 radical (unpaired) electrons. The van der Waals surface area contributed by atoms with Crippen molar-refractivity contribution in [1.82, 2.24) is 15.2 Å². The molecule has 1 amide bonds. The van der Waals surface area contributed by atoms with Crippen molar-refractivity contribution in [3.63, 3.8) is 0 Å². The van der Waals surface area contributed by atoms with Gasteiger partial charge >= 0.3 is 0 Å². The van der Waals surface area contributed by atoms with Crippen LogP contribution in [0.1, 0.15) is 21.6 Å². The predicted octanol–water partition coefficient (Wildman–Crippen LogP) is 2.50. The quantitative estimate of drug-likeness (QED) is 0.904. The van der Waals surface area contributed by atoms with Gasteiger partial charge < -0.3 is 10.1 Å². The van der Waals surface area contributed by atoms with E-state index in [1.54, 1.807) is 12.1 Å². The van der Waals surface area contributed by atoms with E-state index in [2.05, 4.69) is 21.3 Å². The molecule has 1 fully saturated rings. The van der Waals surface area contributed by atoms with Gasteiger partial charge in [0.25, 0.3) is 5.91 Å². The Morgan fingerprint density at radius 2 is 1.96 bits per heavy atom. The van der Waals surface area contributed by atoms with Crippen LogP contribution in [0.2, 0.25) is 5.02 Å². The second kappa shape index (κ2) is 8.24. The molecule has 0 bridgehead atoms. The van der Waals surface area contributed by atoms with Gasteiger partial charge in [-0.1, -0.05) is 35.9 Å². The lowest BCUT2D eigenvalue weighted by atomic mass is 10.1. The minimum Gasteiger partial charge on any atom is -0.379 e. The van der Waals surface area contributed by atoms with Crippen LogP contribution in [0, 0.1) is 0 Å². The fourth-order valence-electron chi connectivity index (χ4n) is 2.68. The molecule has 1 aromatic carbocycles. The van der Waals surface area contributed by atoms with E-state index in [9.17, 15) is 4.79 Å². The lowest BCUT2D eigenvalue weighted by Gasteiger charge is -2.27. The second-order valence-electron chi connectivity index (χ2n) is 5.70. The number of hydrogen-bond acceptors (Lipinski definition) is 4. The van der Waals surface area contributed by atoms with Crippen LogP contribution in [0.5, 0.6) is 0 Å². The Morgan fingerprint density at radius 1 is 1.21 bits per heavy atom. The zero-order valence-electron chi connectivity index (χ0n) is 13.4. The summed E-state index contributed by atoms with van der Waals surface area (Å²) in [6.45, 7) is 4.76. The molecule has 0 atom stereocenters. The van der Waals surface area contributed by atoms with Crippen LogP contribution in [-0.4, -0.2) is 42.1 Å². The van der Waals surface area contributed by atoms with E-state index >= 15 is 0 Å². The monoisotopic (exact) mass is 345 g/mol. The number of benzene rings is 1. The van der Waals surface area contributed by atoms with E-state index in [1.165, 1.54) is 11.8 Å². The number of carbonyl (C=O) groups is 1. The summed E-state index contributed by atoms with van der Waals surface area (Å²) in [5, 5.41) is 3.42. The summed E-state index contributed by atoms with van der Waals surface area (Å²) in [7, 11) is 0. The van der Waals surface area contributed by atoms with E-state index in [-0.39, 0.29) is 5.91 Å². The van der Waals surface area contributed by atoms with Crippen molar-refractivity contribution in [3.8, 4) is 0 Å². The van der Waals surface area contributed by atoms with Crippen LogP contribution in [0.15, 0.2) is 42.6 Å². The SMILES string of the molecule is O=C(NCc1ccccc1CN1CCOCC1)c1cc(Cl)ccn1. The molecular weight excluding hydrogens is 326 g/mol. The first-order chi connectivity index (χ1) is 11.7. The Bertz CT molecular complexity index is 702. The number of pyridine rings is 1. The minimum atomic E-state index is -0.223. The standard InChI is InChI=1S/C18H20ClN3O2/c19-16-5-6-20-17(11-16)18(23)21-12-14-3-1-2-4-15(14)13-22-7-9-24-10-8-22/h1-6,11H,7-10,12-13H2,(H,21,23). The van der Waals surface area contributed by atoms with Crippen LogP contribution in [0.4, 0.5) is 0 Å². The first-order valence-electron chi connectivity index (χ1n) is 7.99. The number of nitrogens with zero attached hydrogens (tertiary/aromatic N) is 2. The van der Waals surface area contributed by atoms with Crippen LogP contribution >= 0.6 is 11.6 Å². The summed E-state index contributed by atoms with van der Waals surface area (Å²) in [5.41, 5.74) is 2.66. The van der Waals surface area contributed by atoms with Gasteiger partial charge in [-0.3, -0.25) is 14.7 Å². The lowest BCUT2D eigenvalue weighted by molar-refractivity contribution is 0.0340. The van der Waals surface area contributed by atoms with Crippen molar-refractivity contribution >= 4 is 17.5 Å². The molecule has 0 saturated carbocycles. The van der Waals surface area contributed by atoms with Gasteiger partial charge in [0.15, 0.2) is 0 Å². The molecular formula is C18H20ClN3O2. The Hall–Kier alpha value is -1.95. The molecule has 2 aromatic rings. The third-order valence-corrected chi connectivity index (χ3v) is 4.25. The van der Waals surface area contributed by atoms with Crippen molar-refractivity contribution in [1.29, 1.82) is 0 Å². The van der Waals surface area contributed by atoms with Crippen LogP contribution < -0.4 is 5.32 Å². The molecule has 6 heteroatoms. The molecule has 24 heavy (non-hydrogen) atoms. The zero-order valence-corrected chi connectivity index (χ0v) is 14.1. The van der Waals surface area contributed by atoms with Gasteiger partial charge in [0, 0.05) is 37.4 Å². The normalized spacial score (nSPS) is 15.2. The summed E-state index contributed by atoms with van der Waals surface area (Å²) in [5.74, 6) is -0.223. The number of ether oxygens (including phenoxy) is 1. The number of amides is 1. The van der Waals surface area contributed by atoms with Crippen molar-refractivity contribution in [2.45, 2.75) is 13.1 Å². The third kappa shape index (κ3) is 4.54. The number of aromatic nitrogens is 1. The maximum Gasteiger partial charge on any atom is 0.270 e. The summed E-state index contributed by atoms with van der Waals surface area (Å²) in [4.78, 5) is 18.6. The number of halogens is 1. The van der Waals surface area contributed by atoms with E-state index in [0.29, 0.717) is 17.3 Å². The predicted molar refractivity (Wildman–Crippen MR) is 93.0 cm³/mol. The highest BCUT2D eigenvalue weighted by molar-refractivity contribution is 6.30. The summed E-state index contributed by atoms with van der Waals surface area (Å²) >= 11 is 5.90. The van der Waals surface area contributed by atoms with Crippen LogP contribution in [0.3, 0.4) is 0 Å². The molecule has 0 aliphatic carbocycles. The van der Waals surface area contributed by atoms with Gasteiger partial charge in [-0.2, -0.15) is 0 Å². The topological polar surface area (TPSA) is 54.5 Å². The first kappa shape index (κ1) is 16.9. The molecule has 126 valence electrons. The molecule has 1 aliphatic rings. The Kier molecular flexibility index (Phi) is 5.80. The van der Waals surface area contributed by atoms with Crippen molar-refractivity contribution in [2.24, 2.45) is 0 Å². The van der Waals surface area contributed by atoms with Gasteiger partial charge in [-0.25, -0.2) is 0 Å². The summed E-state index contributed by atoms with van der Waals surface area (Å²) in [6.07, 6.45) is 1.53. The van der Waals surface area contributed by atoms with E-state index in [0.717, 1.165) is 38.4 Å². The fourth-order valence-corrected chi connectivity index (χ4v) is 2.84. The van der Waals surface area contributed by atoms with E-state index in [4.69, 9.17) is 16.3 Å². The maximum absolute atomic E-state index is 12.2. The summed E-state index contributed by atoms with van der Waals surface area (Å²) in [6, 6.07) is 11.4. The molecule has 1 saturated heterocycles. The fraction of sp³-hybridized carbons (Fsp3) is 0.333. The molecule has 1 aromatic heterocycles. The van der Waals surface area contributed by atoms with Crippen LogP contribution in [-0.2, 0) is 17.8 Å². The summed E-state index contributed by atoms with van der Waals surface area (Å²) < 4.78 is 5.39. The highest BCUT2D eigenvalue weighted by Gasteiger charge is 2.13. The highest BCUT2D eigenvalue weighted by Crippen LogP contribution is 2.13. The number of rotatable bonds is 5. The van der Waals surface area contributed by atoms with Crippen molar-refractivity contribution in [2.75, 3.05) is 26.3 Å². The smallest absolute Gasteiger partial charge is 0.270 e. The minimum absolute atomic E-state index is 0.223. The van der Waals surface area contributed by atoms with Crippen LogP contribution in [0.25, 0.3) is 0 Å². The van der Waals surface area contributed by atoms with Crippen molar-refractivity contribution < 1.29 is 9.53 Å². The second-order valence-corrected chi connectivity index (χ2v) is 6.14. The average molecular weight is 346 g/mol. The maximum atomic E-state index is 12.2. The van der Waals surface area contributed by atoms with Gasteiger partial charge in [0.2, 0.25) is 0 Å². The first-order valence-corrected chi connectivity index (χ1v) is 8.37. The van der Waals surface area contributed by atoms with Gasteiger partial charge in [0.1, 0.15) is 5.69 Å². The Morgan fingerprint density at radius 3 is 2.71 bits per heavy atom. The third-order valence-electron chi connectivity index (χ3n) is 4.01. The average Bonchev–Trinajstić information content (AvgIpc) is 2.61. The molecule has 1 N–H and O–H groups in total. The number of hydrogen-bond donors (Lipinski definition) is 1. The molecule has 2 heterocycles. The Labute approximate surface area is 146 Å². The lowest BCUT2D eigenvalue weighted by Crippen LogP contribution is -2.36. The van der Waals surface area contributed by atoms with Crippen molar-refractivity contribution in [3.05, 3.63) is 64.4 Å². The number of nitrogens with one attached hydrogen (secondary N) is 1. The van der Waals surface area contributed by atoms with E-state index in [1.807, 2.05) is 18.2 Å². The largest absolute Gasteiger partial charge is 0.379 e. The van der Waals surface area contributed by atoms with E-state index < -0.39 is 0 Å².